The number of ether oxygens (including phenoxy) is 3. The van der Waals surface area contributed by atoms with Crippen LogP contribution >= 0.6 is 19.4 Å². The first-order valence-electron chi connectivity index (χ1n) is 21.0. The molecule has 0 aliphatic carbocycles. The van der Waals surface area contributed by atoms with Crippen LogP contribution in [0, 0.1) is 0 Å². The molecule has 0 spiro atoms. The molecule has 2 heterocycles. The lowest BCUT2D eigenvalue weighted by molar-refractivity contribution is -0.323. The lowest BCUT2D eigenvalue weighted by atomic mass is 9.94. The highest BCUT2D eigenvalue weighted by Gasteiger charge is 2.55. The Labute approximate surface area is 380 Å². The molecule has 0 aromatic heterocycles. The highest BCUT2D eigenvalue weighted by molar-refractivity contribution is 7.47. The van der Waals surface area contributed by atoms with E-state index in [0.29, 0.717) is 18.6 Å². The number of alkyl halides is 6. The Morgan fingerprint density at radius 2 is 1.50 bits per heavy atom. The summed E-state index contributed by atoms with van der Waals surface area (Å²) in [6.07, 6.45) is -17.6. The summed E-state index contributed by atoms with van der Waals surface area (Å²) < 4.78 is 123. The van der Waals surface area contributed by atoms with Gasteiger partial charge >= 0.3 is 26.2 Å². The third-order valence-electron chi connectivity index (χ3n) is 10.6. The van der Waals surface area contributed by atoms with Crippen molar-refractivity contribution in [2.24, 2.45) is 16.5 Å². The fraction of sp³-hybridized carbons (Fsp3) is 0.625. The summed E-state index contributed by atoms with van der Waals surface area (Å²) in [7, 11) is -5.28. The summed E-state index contributed by atoms with van der Waals surface area (Å²) in [5.74, 6) is -2.12. The summed E-state index contributed by atoms with van der Waals surface area (Å²) in [6.45, 7) is 0.765. The molecule has 0 saturated carbocycles. The normalized spacial score (nSPS) is 27.3. The first-order valence-corrected chi connectivity index (χ1v) is 22.9. The van der Waals surface area contributed by atoms with Gasteiger partial charge in [-0.05, 0) is 36.8 Å². The van der Waals surface area contributed by atoms with Gasteiger partial charge in [-0.2, -0.15) is 26.3 Å². The van der Waals surface area contributed by atoms with Gasteiger partial charge in [-0.3, -0.25) is 18.8 Å². The molecule has 18 nitrogen and oxygen atoms in total. The number of hydrogen-bond acceptors (Lipinski definition) is 13. The fourth-order valence-corrected chi connectivity index (χ4v) is 8.20. The number of nitrogens with zero attached hydrogens (tertiary/aromatic N) is 1. The van der Waals surface area contributed by atoms with Gasteiger partial charge in [-0.25, -0.2) is 9.36 Å². The number of aliphatic hydroxyl groups excluding tert-OH is 4. The highest BCUT2D eigenvalue weighted by Crippen LogP contribution is 2.47. The zero-order chi connectivity index (χ0) is 49.0. The molecule has 2 aliphatic rings. The van der Waals surface area contributed by atoms with Crippen LogP contribution in [0.2, 0.25) is 5.02 Å². The number of unbranched alkanes of at least 4 members (excludes halogenated alkanes) is 9. The molecule has 11 N–H and O–H groups in total. The molecule has 0 bridgehead atoms. The van der Waals surface area contributed by atoms with E-state index in [1.54, 1.807) is 0 Å². The summed E-state index contributed by atoms with van der Waals surface area (Å²) in [5.41, 5.74) is 8.21. The van der Waals surface area contributed by atoms with Gasteiger partial charge in [0.2, 0.25) is 5.91 Å². The second-order valence-corrected chi connectivity index (χ2v) is 17.4. The van der Waals surface area contributed by atoms with Crippen molar-refractivity contribution in [1.29, 1.82) is 0 Å². The van der Waals surface area contributed by atoms with Crippen molar-refractivity contribution in [3.8, 4) is 0 Å². The number of carbonyl (C=O) groups is 2. The summed E-state index contributed by atoms with van der Waals surface area (Å²) in [5, 5.41) is 47.0. The fourth-order valence-electron chi connectivity index (χ4n) is 7.12. The average molecular weight is 994 g/mol. The molecular formula is C40H55ClF6N5O13P. The third kappa shape index (κ3) is 15.7. The van der Waals surface area contributed by atoms with Crippen molar-refractivity contribution in [3.05, 3.63) is 64.2 Å². The van der Waals surface area contributed by atoms with Gasteiger partial charge in [0.05, 0.1) is 35.4 Å². The number of urea groups is 1. The lowest BCUT2D eigenvalue weighted by Crippen LogP contribution is -2.69. The van der Waals surface area contributed by atoms with Crippen LogP contribution in [0.25, 0.3) is 0 Å². The second-order valence-electron chi connectivity index (χ2n) is 15.6. The molecule has 11 atom stereocenters. The van der Waals surface area contributed by atoms with Crippen LogP contribution in [-0.4, -0.2) is 118 Å². The van der Waals surface area contributed by atoms with E-state index in [1.165, 1.54) is 0 Å². The Morgan fingerprint density at radius 1 is 0.864 bits per heavy atom. The van der Waals surface area contributed by atoms with Crippen molar-refractivity contribution in [1.82, 2.24) is 5.32 Å². The topological polar surface area (TPSA) is 287 Å². The molecule has 3 amide bonds. The predicted molar refractivity (Wildman–Crippen MR) is 224 cm³/mol. The van der Waals surface area contributed by atoms with Gasteiger partial charge in [-0.15, -0.1) is 0 Å². The maximum absolute atomic E-state index is 13.6. The smallest absolute Gasteiger partial charge is 0.394 e. The molecule has 2 fully saturated rings. The van der Waals surface area contributed by atoms with Crippen LogP contribution in [0.3, 0.4) is 0 Å². The SMILES string of the molecule is CCCCCCCCCCCCOP(=O)(O)OC1OC(C(N)=O)C(O)C(NC(=O)Nc2ccc(Cl)c(C(F)(F)F)c2)C1OC1OC(CO)C(O)C(O)C1N=C(N)c1cccc(C(F)(F)F)c1. The van der Waals surface area contributed by atoms with Crippen LogP contribution in [0.1, 0.15) is 87.8 Å². The molecule has 66 heavy (non-hydrogen) atoms. The number of phosphoric acid groups is 1. The number of amidine groups is 1. The Balaban J connectivity index is 1.68. The monoisotopic (exact) mass is 993 g/mol. The van der Waals surface area contributed by atoms with E-state index in [2.05, 4.69) is 22.5 Å². The van der Waals surface area contributed by atoms with Crippen molar-refractivity contribution >= 4 is 42.9 Å². The van der Waals surface area contributed by atoms with E-state index in [0.717, 1.165) is 81.7 Å². The number of halogens is 7. The number of aliphatic hydroxyl groups is 4. The number of carbonyl (C=O) groups excluding carboxylic acids is 2. The molecule has 4 rings (SSSR count). The maximum Gasteiger partial charge on any atom is 0.474 e. The van der Waals surface area contributed by atoms with Crippen molar-refractivity contribution in [3.63, 3.8) is 0 Å². The number of benzene rings is 2. The molecule has 372 valence electrons. The predicted octanol–water partition coefficient (Wildman–Crippen LogP) is 5.09. The second kappa shape index (κ2) is 24.6. The van der Waals surface area contributed by atoms with Crippen molar-refractivity contribution < 1.29 is 89.1 Å². The van der Waals surface area contributed by atoms with Crippen LogP contribution in [0.5, 0.6) is 0 Å². The Morgan fingerprint density at radius 3 is 2.09 bits per heavy atom. The summed E-state index contributed by atoms with van der Waals surface area (Å²) in [6, 6.07) is 0.247. The number of nitrogens with one attached hydrogen (secondary N) is 2. The Kier molecular flexibility index (Phi) is 20.5. The molecule has 11 unspecified atom stereocenters. The molecule has 2 saturated heterocycles. The van der Waals surface area contributed by atoms with Crippen molar-refractivity contribution in [2.75, 3.05) is 18.5 Å². The van der Waals surface area contributed by atoms with Gasteiger partial charge in [0.25, 0.3) is 0 Å². The standard InChI is InChI=1S/C40H55ClF6N5O13P/c1-2-3-4-5-6-7-8-9-10-11-17-61-66(59,60)65-37-32(27(31(56)33(64-37)35(49)57)52-38(58)50-23-15-16-25(41)24(19-23)40(45,46)47)63-36-28(30(55)29(54)26(20-53)62-36)51-34(48)21-13-12-14-22(18-21)39(42,43)44/h12-16,18-19,26-33,36-37,53-56H,2-11,17,20H2,1H3,(H2,48,51)(H2,49,57)(H,59,60)(H2,50,52,58). The minimum atomic E-state index is -5.28. The van der Waals surface area contributed by atoms with Crippen molar-refractivity contribution in [2.45, 2.75) is 145 Å². The Bertz CT molecular complexity index is 1990. The molecule has 2 aliphatic heterocycles. The minimum absolute atomic E-state index is 0.286. The van der Waals surface area contributed by atoms with Gasteiger partial charge in [0, 0.05) is 11.3 Å². The highest BCUT2D eigenvalue weighted by atomic mass is 35.5. The van der Waals surface area contributed by atoms with E-state index < -0.39 is 128 Å². The van der Waals surface area contributed by atoms with E-state index in [4.69, 9.17) is 46.3 Å². The van der Waals surface area contributed by atoms with E-state index in [1.807, 2.05) is 0 Å². The minimum Gasteiger partial charge on any atom is -0.394 e. The molecule has 2 aromatic rings. The average Bonchev–Trinajstić information content (AvgIpc) is 3.24. The first-order chi connectivity index (χ1) is 31.0. The molecule has 26 heteroatoms. The zero-order valence-corrected chi connectivity index (χ0v) is 37.1. The number of hydrogen-bond donors (Lipinski definition) is 9. The van der Waals surface area contributed by atoms with Gasteiger partial charge in [0.15, 0.2) is 18.7 Å². The van der Waals surface area contributed by atoms with Gasteiger partial charge in [-0.1, -0.05) is 88.4 Å². The number of phosphoric ester groups is 1. The summed E-state index contributed by atoms with van der Waals surface area (Å²) >= 11 is 5.70. The number of nitrogens with two attached hydrogens (primary N) is 2. The van der Waals surface area contributed by atoms with Crippen LogP contribution in [0.4, 0.5) is 36.8 Å². The van der Waals surface area contributed by atoms with E-state index in [9.17, 15) is 65.8 Å². The number of amides is 3. The maximum atomic E-state index is 13.6. The van der Waals surface area contributed by atoms with Gasteiger partial charge in [0.1, 0.15) is 42.4 Å². The zero-order valence-electron chi connectivity index (χ0n) is 35.5. The number of aliphatic imine (C=N–C) groups is 1. The largest absolute Gasteiger partial charge is 0.474 e. The van der Waals surface area contributed by atoms with Crippen LogP contribution in [-0.2, 0) is 45.0 Å². The third-order valence-corrected chi connectivity index (χ3v) is 11.9. The number of rotatable bonds is 22. The van der Waals surface area contributed by atoms with Crippen LogP contribution < -0.4 is 22.1 Å². The lowest BCUT2D eigenvalue weighted by Gasteiger charge is -2.47. The van der Waals surface area contributed by atoms with E-state index in [-0.39, 0.29) is 18.6 Å². The Hall–Kier alpha value is -3.65. The number of primary amides is 1. The molecular weight excluding hydrogens is 939 g/mol. The first kappa shape index (κ1) is 55.0. The number of anilines is 1. The van der Waals surface area contributed by atoms with Crippen LogP contribution in [0.15, 0.2) is 47.5 Å². The van der Waals surface area contributed by atoms with E-state index >= 15 is 0 Å². The molecule has 0 radical (unpaired) electrons. The summed E-state index contributed by atoms with van der Waals surface area (Å²) in [4.78, 5) is 41.0. The quantitative estimate of drug-likeness (QED) is 0.0244. The van der Waals surface area contributed by atoms with Gasteiger partial charge < -0.3 is 61.6 Å². The molecule has 2 aromatic carbocycles.